The Labute approximate surface area is 168 Å². The van der Waals surface area contributed by atoms with E-state index in [-0.39, 0.29) is 0 Å². The molecule has 0 amide bonds. The summed E-state index contributed by atoms with van der Waals surface area (Å²) in [5.41, 5.74) is 3.47. The molecule has 1 aromatic carbocycles. The van der Waals surface area contributed by atoms with Crippen LogP contribution in [-0.4, -0.2) is 51.0 Å². The van der Waals surface area contributed by atoms with Crippen LogP contribution in [0.2, 0.25) is 0 Å². The summed E-state index contributed by atoms with van der Waals surface area (Å²) in [4.78, 5) is 25.0. The van der Waals surface area contributed by atoms with Crippen molar-refractivity contribution in [2.45, 2.75) is 27.3 Å². The van der Waals surface area contributed by atoms with Gasteiger partial charge >= 0.3 is 0 Å². The highest BCUT2D eigenvalue weighted by atomic mass is 32.1. The Balaban J connectivity index is 1.34. The minimum atomic E-state index is 0.855. The van der Waals surface area contributed by atoms with E-state index < -0.39 is 0 Å². The number of aromatic amines is 1. The number of hydrogen-bond donors (Lipinski definition) is 1. The molecule has 1 aliphatic heterocycles. The number of rotatable bonds is 3. The molecule has 0 atom stereocenters. The van der Waals surface area contributed by atoms with E-state index in [9.17, 15) is 0 Å². The van der Waals surface area contributed by atoms with Crippen LogP contribution in [0.25, 0.3) is 21.3 Å². The smallest absolute Gasteiger partial charge is 0.141 e. The van der Waals surface area contributed by atoms with Gasteiger partial charge in [0.2, 0.25) is 0 Å². The predicted molar refractivity (Wildman–Crippen MR) is 115 cm³/mol. The van der Waals surface area contributed by atoms with Gasteiger partial charge in [0.1, 0.15) is 22.3 Å². The number of aryl methyl sites for hydroxylation is 3. The van der Waals surface area contributed by atoms with E-state index in [1.807, 2.05) is 19.1 Å². The van der Waals surface area contributed by atoms with Crippen molar-refractivity contribution in [2.24, 2.45) is 0 Å². The molecule has 0 radical (unpaired) electrons. The molecule has 0 unspecified atom stereocenters. The Morgan fingerprint density at radius 2 is 1.79 bits per heavy atom. The number of benzene rings is 1. The van der Waals surface area contributed by atoms with Gasteiger partial charge in [-0.15, -0.1) is 11.3 Å². The van der Waals surface area contributed by atoms with E-state index in [0.29, 0.717) is 0 Å². The van der Waals surface area contributed by atoms with Gasteiger partial charge in [-0.3, -0.25) is 4.90 Å². The molecule has 0 saturated carbocycles. The molecule has 5 rings (SSSR count). The lowest BCUT2D eigenvalue weighted by Crippen LogP contribution is -2.46. The maximum Gasteiger partial charge on any atom is 0.141 e. The minimum absolute atomic E-state index is 0.855. The Hall–Kier alpha value is -2.51. The fourth-order valence-corrected chi connectivity index (χ4v) is 5.04. The molecule has 4 aromatic rings. The van der Waals surface area contributed by atoms with Crippen molar-refractivity contribution in [1.29, 1.82) is 0 Å². The number of hydrogen-bond acceptors (Lipinski definition) is 6. The van der Waals surface area contributed by atoms with Gasteiger partial charge < -0.3 is 9.88 Å². The van der Waals surface area contributed by atoms with Gasteiger partial charge in [-0.1, -0.05) is 12.1 Å². The highest BCUT2D eigenvalue weighted by Gasteiger charge is 2.23. The second-order valence-corrected chi connectivity index (χ2v) is 8.72. The number of fused-ring (bicyclic) bond motifs is 2. The third kappa shape index (κ3) is 3.04. The largest absolute Gasteiger partial charge is 0.353 e. The number of H-pyrrole nitrogens is 1. The molecule has 0 spiro atoms. The number of imidazole rings is 1. The average Bonchev–Trinajstić information content (AvgIpc) is 3.22. The van der Waals surface area contributed by atoms with Crippen LogP contribution in [0.1, 0.15) is 22.1 Å². The van der Waals surface area contributed by atoms with Gasteiger partial charge in [-0.05, 0) is 38.5 Å². The van der Waals surface area contributed by atoms with Crippen molar-refractivity contribution in [2.75, 3.05) is 31.1 Å². The van der Waals surface area contributed by atoms with Crippen molar-refractivity contribution in [3.8, 4) is 0 Å². The van der Waals surface area contributed by atoms with E-state index in [0.717, 1.165) is 66.1 Å². The summed E-state index contributed by atoms with van der Waals surface area (Å²) < 4.78 is 0. The van der Waals surface area contributed by atoms with Crippen LogP contribution in [0, 0.1) is 20.8 Å². The van der Waals surface area contributed by atoms with Gasteiger partial charge in [-0.2, -0.15) is 0 Å². The number of anilines is 1. The Morgan fingerprint density at radius 3 is 2.57 bits per heavy atom. The third-order valence-electron chi connectivity index (χ3n) is 5.61. The molecule has 0 aliphatic carbocycles. The van der Waals surface area contributed by atoms with Crippen molar-refractivity contribution in [3.05, 3.63) is 46.4 Å². The lowest BCUT2D eigenvalue weighted by atomic mass is 10.2. The summed E-state index contributed by atoms with van der Waals surface area (Å²) in [5, 5.41) is 1.24. The molecule has 7 heteroatoms. The Bertz CT molecular complexity index is 1120. The zero-order valence-electron chi connectivity index (χ0n) is 16.5. The first-order valence-corrected chi connectivity index (χ1v) is 10.6. The molecule has 4 heterocycles. The van der Waals surface area contributed by atoms with Crippen LogP contribution in [0.4, 0.5) is 5.82 Å². The van der Waals surface area contributed by atoms with Crippen LogP contribution in [0.15, 0.2) is 24.3 Å². The molecule has 1 N–H and O–H groups in total. The Morgan fingerprint density at radius 1 is 1.00 bits per heavy atom. The van der Waals surface area contributed by atoms with Crippen LogP contribution < -0.4 is 4.90 Å². The summed E-state index contributed by atoms with van der Waals surface area (Å²) in [5.74, 6) is 3.00. The predicted octanol–water partition coefficient (Wildman–Crippen LogP) is 3.82. The molecule has 3 aromatic heterocycles. The fourth-order valence-electron chi connectivity index (χ4n) is 3.97. The highest BCUT2D eigenvalue weighted by molar-refractivity contribution is 7.18. The molecule has 1 aliphatic rings. The van der Waals surface area contributed by atoms with Crippen molar-refractivity contribution >= 4 is 38.4 Å². The van der Waals surface area contributed by atoms with Crippen LogP contribution in [0.5, 0.6) is 0 Å². The van der Waals surface area contributed by atoms with E-state index in [1.54, 1.807) is 11.3 Å². The molecule has 144 valence electrons. The monoisotopic (exact) mass is 392 g/mol. The van der Waals surface area contributed by atoms with Crippen LogP contribution in [0.3, 0.4) is 0 Å². The van der Waals surface area contributed by atoms with E-state index in [4.69, 9.17) is 9.97 Å². The number of nitrogens with one attached hydrogen (secondary N) is 1. The fraction of sp³-hybridized carbons (Fsp3) is 0.381. The lowest BCUT2D eigenvalue weighted by molar-refractivity contribution is 0.244. The zero-order valence-corrected chi connectivity index (χ0v) is 17.3. The number of para-hydroxylation sites is 2. The van der Waals surface area contributed by atoms with Crippen LogP contribution in [-0.2, 0) is 6.54 Å². The number of piperazine rings is 1. The molecule has 0 bridgehead atoms. The Kier molecular flexibility index (Phi) is 4.29. The maximum atomic E-state index is 4.82. The van der Waals surface area contributed by atoms with Gasteiger partial charge in [0.25, 0.3) is 0 Å². The summed E-state index contributed by atoms with van der Waals surface area (Å²) in [6.45, 7) is 11.2. The van der Waals surface area contributed by atoms with Gasteiger partial charge in [0, 0.05) is 31.1 Å². The molecule has 1 fully saturated rings. The summed E-state index contributed by atoms with van der Waals surface area (Å²) in [6.07, 6.45) is 0. The second kappa shape index (κ2) is 6.83. The highest BCUT2D eigenvalue weighted by Crippen LogP contribution is 2.35. The SMILES string of the molecule is Cc1nc(N2CCN(Cc3nc4ccccc4[nH]3)CC2)c2c(C)c(C)sc2n1. The lowest BCUT2D eigenvalue weighted by Gasteiger charge is -2.35. The molecule has 28 heavy (non-hydrogen) atoms. The number of thiophene rings is 1. The third-order valence-corrected chi connectivity index (χ3v) is 6.71. The van der Waals surface area contributed by atoms with Crippen LogP contribution >= 0.6 is 11.3 Å². The average molecular weight is 393 g/mol. The van der Waals surface area contributed by atoms with E-state index >= 15 is 0 Å². The van der Waals surface area contributed by atoms with Gasteiger partial charge in [0.15, 0.2) is 0 Å². The standard InChI is InChI=1S/C21H24N6S/c1-13-14(2)28-21-19(13)20(22-15(3)23-21)27-10-8-26(9-11-27)12-18-24-16-6-4-5-7-17(16)25-18/h4-7H,8-12H2,1-3H3,(H,24,25). The molecule has 1 saturated heterocycles. The van der Waals surface area contributed by atoms with Crippen molar-refractivity contribution < 1.29 is 0 Å². The van der Waals surface area contributed by atoms with E-state index in [2.05, 4.69) is 45.7 Å². The summed E-state index contributed by atoms with van der Waals surface area (Å²) in [7, 11) is 0. The minimum Gasteiger partial charge on any atom is -0.353 e. The molecule has 6 nitrogen and oxygen atoms in total. The summed E-state index contributed by atoms with van der Waals surface area (Å²) >= 11 is 1.77. The first-order chi connectivity index (χ1) is 13.6. The molecular weight excluding hydrogens is 368 g/mol. The van der Waals surface area contributed by atoms with Gasteiger partial charge in [0.05, 0.1) is 23.0 Å². The second-order valence-electron chi connectivity index (χ2n) is 7.52. The van der Waals surface area contributed by atoms with Crippen molar-refractivity contribution in [3.63, 3.8) is 0 Å². The van der Waals surface area contributed by atoms with Gasteiger partial charge in [-0.25, -0.2) is 15.0 Å². The first-order valence-electron chi connectivity index (χ1n) is 9.74. The normalized spacial score (nSPS) is 15.8. The zero-order chi connectivity index (χ0) is 19.3. The molecular formula is C21H24N6S. The van der Waals surface area contributed by atoms with E-state index in [1.165, 1.54) is 15.8 Å². The van der Waals surface area contributed by atoms with Crippen molar-refractivity contribution in [1.82, 2.24) is 24.8 Å². The number of nitrogens with zero attached hydrogens (tertiary/aromatic N) is 5. The topological polar surface area (TPSA) is 60.9 Å². The first kappa shape index (κ1) is 17.6. The maximum absolute atomic E-state index is 4.82. The summed E-state index contributed by atoms with van der Waals surface area (Å²) in [6, 6.07) is 8.21. The quantitative estimate of drug-likeness (QED) is 0.574. The number of aromatic nitrogens is 4.